The Bertz CT molecular complexity index is 1220. The first-order chi connectivity index (χ1) is 15.1. The van der Waals surface area contributed by atoms with E-state index in [9.17, 15) is 9.59 Å². The molecule has 0 saturated carbocycles. The molecule has 0 bridgehead atoms. The number of benzene rings is 2. The molecule has 2 heterocycles. The Morgan fingerprint density at radius 2 is 1.94 bits per heavy atom. The quantitative estimate of drug-likeness (QED) is 0.451. The van der Waals surface area contributed by atoms with Crippen LogP contribution in [0.5, 0.6) is 0 Å². The Kier molecular flexibility index (Phi) is 5.89. The summed E-state index contributed by atoms with van der Waals surface area (Å²) in [5.74, 6) is 0.139. The number of fused-ring (bicyclic) bond motifs is 1. The van der Waals surface area contributed by atoms with Gasteiger partial charge in [0.1, 0.15) is 24.0 Å². The predicted molar refractivity (Wildman–Crippen MR) is 118 cm³/mol. The summed E-state index contributed by atoms with van der Waals surface area (Å²) in [7, 11) is 0. The zero-order valence-electron chi connectivity index (χ0n) is 16.9. The molecule has 2 aromatic carbocycles. The van der Waals surface area contributed by atoms with Crippen molar-refractivity contribution in [2.24, 2.45) is 0 Å². The molecule has 4 rings (SSSR count). The van der Waals surface area contributed by atoms with E-state index in [-0.39, 0.29) is 18.4 Å². The third-order valence-corrected chi connectivity index (χ3v) is 4.69. The number of hydrogen-bond acceptors (Lipinski definition) is 5. The fraction of sp³-hybridized carbons (Fsp3) is 0.130. The van der Waals surface area contributed by atoms with E-state index >= 15 is 0 Å². The lowest BCUT2D eigenvalue weighted by molar-refractivity contribution is -0.121. The highest BCUT2D eigenvalue weighted by Gasteiger charge is 2.10. The minimum Gasteiger partial charge on any atom is -0.460 e. The molecule has 0 aliphatic heterocycles. The monoisotopic (exact) mass is 415 g/mol. The number of hydrogen-bond donors (Lipinski definition) is 2. The van der Waals surface area contributed by atoms with Gasteiger partial charge in [0, 0.05) is 29.1 Å². The average Bonchev–Trinajstić information content (AvgIpc) is 3.45. The summed E-state index contributed by atoms with van der Waals surface area (Å²) in [4.78, 5) is 28.2. The molecule has 8 heteroatoms. The van der Waals surface area contributed by atoms with Gasteiger partial charge in [0.05, 0.1) is 12.2 Å². The van der Waals surface area contributed by atoms with E-state index in [1.54, 1.807) is 29.2 Å². The third kappa shape index (κ3) is 4.69. The molecular weight excluding hydrogens is 394 g/mol. The highest BCUT2D eigenvalue weighted by molar-refractivity contribution is 5.99. The van der Waals surface area contributed by atoms with Crippen LogP contribution in [0.15, 0.2) is 71.7 Å². The van der Waals surface area contributed by atoms with Gasteiger partial charge in [-0.2, -0.15) is 5.10 Å². The molecule has 2 amide bonds. The van der Waals surface area contributed by atoms with Gasteiger partial charge in [-0.25, -0.2) is 9.67 Å². The first kappa shape index (κ1) is 20.1. The van der Waals surface area contributed by atoms with Gasteiger partial charge in [0.25, 0.3) is 0 Å². The number of aromatic nitrogens is 3. The molecule has 0 spiro atoms. The summed E-state index contributed by atoms with van der Waals surface area (Å²) in [6, 6.07) is 14.8. The van der Waals surface area contributed by atoms with Crippen LogP contribution in [0.1, 0.15) is 18.2 Å². The molecule has 0 unspecified atom stereocenters. The number of nitrogens with zero attached hydrogens (tertiary/aromatic N) is 3. The molecule has 0 aliphatic carbocycles. The number of rotatable bonds is 7. The predicted octanol–water partition coefficient (Wildman–Crippen LogP) is 3.34. The second-order valence-electron chi connectivity index (χ2n) is 6.77. The summed E-state index contributed by atoms with van der Waals surface area (Å²) in [5, 5.41) is 10.3. The van der Waals surface area contributed by atoms with Gasteiger partial charge in [0.15, 0.2) is 0 Å². The fourth-order valence-corrected chi connectivity index (χ4v) is 3.19. The molecule has 2 aromatic heterocycles. The second-order valence-corrected chi connectivity index (χ2v) is 6.77. The van der Waals surface area contributed by atoms with Crippen LogP contribution in [-0.2, 0) is 16.0 Å². The summed E-state index contributed by atoms with van der Waals surface area (Å²) in [6.07, 6.45) is 6.89. The van der Waals surface area contributed by atoms with Crippen molar-refractivity contribution < 1.29 is 14.0 Å². The summed E-state index contributed by atoms with van der Waals surface area (Å²) in [5.41, 5.74) is 3.11. The van der Waals surface area contributed by atoms with Crippen molar-refractivity contribution >= 4 is 34.5 Å². The van der Waals surface area contributed by atoms with Gasteiger partial charge in [-0.1, -0.05) is 25.1 Å². The average molecular weight is 415 g/mol. The number of anilines is 1. The van der Waals surface area contributed by atoms with E-state index in [2.05, 4.69) is 20.7 Å². The van der Waals surface area contributed by atoms with Gasteiger partial charge in [0.2, 0.25) is 11.8 Å². The van der Waals surface area contributed by atoms with Crippen LogP contribution in [0.2, 0.25) is 0 Å². The van der Waals surface area contributed by atoms with E-state index in [0.717, 1.165) is 28.0 Å². The first-order valence-corrected chi connectivity index (χ1v) is 9.85. The van der Waals surface area contributed by atoms with Crippen LogP contribution < -0.4 is 10.6 Å². The standard InChI is InChI=1S/C23H21N5O3/c1-2-20-19(18-5-3-4-6-21(18)31-20)11-12-22(29)25-13-23(30)27-16-7-9-17(10-8-16)28-15-24-14-26-28/h3-12,14-15H,2,13H2,1H3,(H,25,29)(H,27,30)/b12-11+. The lowest BCUT2D eigenvalue weighted by Crippen LogP contribution is -2.31. The molecule has 2 N–H and O–H groups in total. The lowest BCUT2D eigenvalue weighted by atomic mass is 10.1. The molecule has 31 heavy (non-hydrogen) atoms. The smallest absolute Gasteiger partial charge is 0.244 e. The zero-order chi connectivity index (χ0) is 21.6. The van der Waals surface area contributed by atoms with Crippen molar-refractivity contribution in [2.75, 3.05) is 11.9 Å². The van der Waals surface area contributed by atoms with Crippen molar-refractivity contribution in [3.8, 4) is 5.69 Å². The van der Waals surface area contributed by atoms with Gasteiger partial charge in [-0.05, 0) is 36.4 Å². The Labute approximate surface area is 178 Å². The van der Waals surface area contributed by atoms with E-state index in [1.807, 2.05) is 43.3 Å². The lowest BCUT2D eigenvalue weighted by Gasteiger charge is -2.07. The summed E-state index contributed by atoms with van der Waals surface area (Å²) in [6.45, 7) is 1.86. The molecule has 0 fully saturated rings. The van der Waals surface area contributed by atoms with Crippen molar-refractivity contribution in [1.29, 1.82) is 0 Å². The second kappa shape index (κ2) is 9.08. The van der Waals surface area contributed by atoms with Crippen LogP contribution in [0.4, 0.5) is 5.69 Å². The highest BCUT2D eigenvalue weighted by Crippen LogP contribution is 2.27. The Morgan fingerprint density at radius 3 is 2.68 bits per heavy atom. The maximum absolute atomic E-state index is 12.2. The minimum atomic E-state index is -0.357. The van der Waals surface area contributed by atoms with Gasteiger partial charge < -0.3 is 15.1 Å². The molecule has 156 valence electrons. The topological polar surface area (TPSA) is 102 Å². The summed E-state index contributed by atoms with van der Waals surface area (Å²) >= 11 is 0. The molecule has 0 aliphatic rings. The molecule has 0 atom stereocenters. The van der Waals surface area contributed by atoms with E-state index < -0.39 is 0 Å². The van der Waals surface area contributed by atoms with Crippen molar-refractivity contribution in [3.63, 3.8) is 0 Å². The van der Waals surface area contributed by atoms with Crippen LogP contribution in [0.25, 0.3) is 22.7 Å². The van der Waals surface area contributed by atoms with Crippen molar-refractivity contribution in [1.82, 2.24) is 20.1 Å². The molecular formula is C23H21N5O3. The van der Waals surface area contributed by atoms with Crippen LogP contribution in [-0.4, -0.2) is 33.1 Å². The number of nitrogens with one attached hydrogen (secondary N) is 2. The minimum absolute atomic E-state index is 0.138. The SMILES string of the molecule is CCc1oc2ccccc2c1/C=C/C(=O)NCC(=O)Nc1ccc(-n2cncn2)cc1. The molecule has 0 radical (unpaired) electrons. The number of amides is 2. The maximum Gasteiger partial charge on any atom is 0.244 e. The number of aryl methyl sites for hydroxylation is 1. The Morgan fingerprint density at radius 1 is 1.13 bits per heavy atom. The van der Waals surface area contributed by atoms with E-state index in [0.29, 0.717) is 12.1 Å². The Hall–Kier alpha value is -4.20. The summed E-state index contributed by atoms with van der Waals surface area (Å²) < 4.78 is 7.44. The molecule has 4 aromatic rings. The number of furan rings is 1. The van der Waals surface area contributed by atoms with E-state index in [4.69, 9.17) is 4.42 Å². The maximum atomic E-state index is 12.2. The molecule has 0 saturated heterocycles. The fourth-order valence-electron chi connectivity index (χ4n) is 3.19. The number of carbonyl (C=O) groups is 2. The normalized spacial score (nSPS) is 11.1. The van der Waals surface area contributed by atoms with Crippen LogP contribution in [0.3, 0.4) is 0 Å². The van der Waals surface area contributed by atoms with Crippen molar-refractivity contribution in [3.05, 3.63) is 78.6 Å². The molecule has 8 nitrogen and oxygen atoms in total. The number of carbonyl (C=O) groups excluding carboxylic acids is 2. The largest absolute Gasteiger partial charge is 0.460 e. The van der Waals surface area contributed by atoms with Gasteiger partial charge in [-0.15, -0.1) is 0 Å². The van der Waals surface area contributed by atoms with Crippen molar-refractivity contribution in [2.45, 2.75) is 13.3 Å². The van der Waals surface area contributed by atoms with Gasteiger partial charge in [-0.3, -0.25) is 9.59 Å². The Balaban J connectivity index is 1.32. The van der Waals surface area contributed by atoms with Gasteiger partial charge >= 0.3 is 0 Å². The highest BCUT2D eigenvalue weighted by atomic mass is 16.3. The number of para-hydroxylation sites is 1. The third-order valence-electron chi connectivity index (χ3n) is 4.69. The zero-order valence-corrected chi connectivity index (χ0v) is 16.9. The van der Waals surface area contributed by atoms with E-state index in [1.165, 1.54) is 12.4 Å². The van der Waals surface area contributed by atoms with Crippen LogP contribution >= 0.6 is 0 Å². The van der Waals surface area contributed by atoms with Crippen LogP contribution in [0, 0.1) is 0 Å². The first-order valence-electron chi connectivity index (χ1n) is 9.85.